The minimum atomic E-state index is -1.31. The van der Waals surface area contributed by atoms with Crippen molar-refractivity contribution in [3.05, 3.63) is 34.6 Å². The summed E-state index contributed by atoms with van der Waals surface area (Å²) in [6.45, 7) is 2.27. The van der Waals surface area contributed by atoms with Gasteiger partial charge in [0.25, 0.3) is 0 Å². The predicted octanol–water partition coefficient (Wildman–Crippen LogP) is 8.16. The minimum Gasteiger partial charge on any atom is -0.204 e. The summed E-state index contributed by atoms with van der Waals surface area (Å²) in [7, 11) is 0. The Morgan fingerprint density at radius 3 is 2.11 bits per heavy atom. The fraction of sp³-hybridized carbons (Fsp3) is 0.760. The first-order valence-corrected chi connectivity index (χ1v) is 11.7. The van der Waals surface area contributed by atoms with Crippen LogP contribution in [0.5, 0.6) is 0 Å². The lowest BCUT2D eigenvalue weighted by molar-refractivity contribution is 0.233. The Bertz CT molecular complexity index is 617. The van der Waals surface area contributed by atoms with Crippen LogP contribution in [0.4, 0.5) is 13.2 Å². The third-order valence-corrected chi connectivity index (χ3v) is 7.33. The molecule has 3 rings (SSSR count). The van der Waals surface area contributed by atoms with E-state index in [9.17, 15) is 13.2 Å². The Kier molecular flexibility index (Phi) is 8.29. The van der Waals surface area contributed by atoms with Gasteiger partial charge in [0.1, 0.15) is 0 Å². The van der Waals surface area contributed by atoms with Gasteiger partial charge in [-0.15, -0.1) is 0 Å². The fourth-order valence-corrected chi connectivity index (χ4v) is 5.46. The maximum atomic E-state index is 13.9. The van der Waals surface area contributed by atoms with E-state index in [1.165, 1.54) is 76.7 Å². The summed E-state index contributed by atoms with van der Waals surface area (Å²) in [5, 5.41) is 0. The lowest BCUT2D eigenvalue weighted by atomic mass is 9.75. The molecule has 1 saturated carbocycles. The van der Waals surface area contributed by atoms with Crippen LogP contribution >= 0.6 is 0 Å². The molecule has 3 heteroatoms. The van der Waals surface area contributed by atoms with Gasteiger partial charge in [0.2, 0.25) is 0 Å². The van der Waals surface area contributed by atoms with Crippen LogP contribution in [-0.2, 0) is 12.8 Å². The monoisotopic (exact) mass is 394 g/mol. The first-order valence-electron chi connectivity index (χ1n) is 11.7. The van der Waals surface area contributed by atoms with Crippen molar-refractivity contribution in [1.29, 1.82) is 0 Å². The highest BCUT2D eigenvalue weighted by molar-refractivity contribution is 5.33. The zero-order valence-electron chi connectivity index (χ0n) is 17.5. The zero-order valence-corrected chi connectivity index (χ0v) is 17.5. The molecule has 0 aromatic heterocycles. The highest BCUT2D eigenvalue weighted by Gasteiger charge is 2.27. The van der Waals surface area contributed by atoms with Gasteiger partial charge in [-0.25, -0.2) is 13.2 Å². The quantitative estimate of drug-likeness (QED) is 0.293. The van der Waals surface area contributed by atoms with Gasteiger partial charge in [-0.1, -0.05) is 77.6 Å². The smallest absolute Gasteiger partial charge is 0.194 e. The Hall–Kier alpha value is -0.990. The molecule has 0 heterocycles. The first-order chi connectivity index (χ1) is 13.6. The standard InChI is InChI=1S/C25H37F3/c1-2-3-4-5-6-7-18-8-10-19(11-9-18)12-13-20-14-15-22-21(16-20)17-23(26)25(28)24(22)27/h17-20H,2-16H2,1H3. The molecule has 0 saturated heterocycles. The molecule has 1 aromatic rings. The van der Waals surface area contributed by atoms with Crippen LogP contribution in [0.25, 0.3) is 0 Å². The normalized spacial score (nSPS) is 24.9. The summed E-state index contributed by atoms with van der Waals surface area (Å²) in [4.78, 5) is 0. The van der Waals surface area contributed by atoms with E-state index in [2.05, 4.69) is 6.92 Å². The van der Waals surface area contributed by atoms with Gasteiger partial charge in [0, 0.05) is 0 Å². The first kappa shape index (κ1) is 21.7. The van der Waals surface area contributed by atoms with Crippen molar-refractivity contribution in [3.63, 3.8) is 0 Å². The SMILES string of the molecule is CCCCCCCC1CCC(CCC2CCc3c(cc(F)c(F)c3F)C2)CC1. The van der Waals surface area contributed by atoms with Gasteiger partial charge in [-0.3, -0.25) is 0 Å². The number of hydrogen-bond donors (Lipinski definition) is 0. The van der Waals surface area contributed by atoms with E-state index < -0.39 is 17.5 Å². The number of benzene rings is 1. The van der Waals surface area contributed by atoms with Crippen LogP contribution in [-0.4, -0.2) is 0 Å². The average molecular weight is 395 g/mol. The second kappa shape index (κ2) is 10.7. The highest BCUT2D eigenvalue weighted by Crippen LogP contribution is 2.37. The third-order valence-electron chi connectivity index (χ3n) is 7.33. The van der Waals surface area contributed by atoms with Gasteiger partial charge in [-0.05, 0) is 60.6 Å². The van der Waals surface area contributed by atoms with Crippen LogP contribution in [0.15, 0.2) is 6.07 Å². The molecule has 0 bridgehead atoms. The van der Waals surface area contributed by atoms with Crippen molar-refractivity contribution in [1.82, 2.24) is 0 Å². The topological polar surface area (TPSA) is 0 Å². The molecule has 1 aromatic carbocycles. The third kappa shape index (κ3) is 5.76. The Morgan fingerprint density at radius 1 is 0.750 bits per heavy atom. The molecule has 0 aliphatic heterocycles. The van der Waals surface area contributed by atoms with Crippen LogP contribution in [0.3, 0.4) is 0 Å². The molecular weight excluding hydrogens is 357 g/mol. The van der Waals surface area contributed by atoms with Crippen molar-refractivity contribution >= 4 is 0 Å². The van der Waals surface area contributed by atoms with Gasteiger partial charge in [0.15, 0.2) is 17.5 Å². The predicted molar refractivity (Wildman–Crippen MR) is 110 cm³/mol. The molecule has 0 N–H and O–H groups in total. The van der Waals surface area contributed by atoms with Crippen molar-refractivity contribution in [2.24, 2.45) is 17.8 Å². The van der Waals surface area contributed by atoms with Crippen molar-refractivity contribution in [2.45, 2.75) is 103 Å². The molecule has 2 aliphatic carbocycles. The molecule has 158 valence electrons. The molecular formula is C25H37F3. The van der Waals surface area contributed by atoms with Gasteiger partial charge in [0.05, 0.1) is 0 Å². The molecule has 1 unspecified atom stereocenters. The summed E-state index contributed by atoms with van der Waals surface area (Å²) in [6.07, 6.45) is 18.4. The van der Waals surface area contributed by atoms with E-state index >= 15 is 0 Å². The summed E-state index contributed by atoms with van der Waals surface area (Å²) in [5.41, 5.74) is 1.11. The molecule has 0 amide bonds. The summed E-state index contributed by atoms with van der Waals surface area (Å²) in [5.74, 6) is -1.03. The zero-order chi connectivity index (χ0) is 19.9. The van der Waals surface area contributed by atoms with E-state index in [0.717, 1.165) is 24.7 Å². The van der Waals surface area contributed by atoms with Crippen LogP contribution in [0.1, 0.15) is 102 Å². The Morgan fingerprint density at radius 2 is 1.39 bits per heavy atom. The van der Waals surface area contributed by atoms with E-state index in [-0.39, 0.29) is 0 Å². The second-order valence-corrected chi connectivity index (χ2v) is 9.40. The summed E-state index contributed by atoms with van der Waals surface area (Å²) >= 11 is 0. The number of halogens is 3. The van der Waals surface area contributed by atoms with Crippen molar-refractivity contribution in [2.75, 3.05) is 0 Å². The van der Waals surface area contributed by atoms with E-state index in [0.29, 0.717) is 29.9 Å². The molecule has 1 atom stereocenters. The minimum absolute atomic E-state index is 0.412. The summed E-state index contributed by atoms with van der Waals surface area (Å²) < 4.78 is 40.9. The number of rotatable bonds is 9. The van der Waals surface area contributed by atoms with E-state index in [1.807, 2.05) is 0 Å². The van der Waals surface area contributed by atoms with Crippen molar-refractivity contribution in [3.8, 4) is 0 Å². The average Bonchev–Trinajstić information content (AvgIpc) is 2.71. The van der Waals surface area contributed by atoms with E-state index in [1.54, 1.807) is 0 Å². The van der Waals surface area contributed by atoms with E-state index in [4.69, 9.17) is 0 Å². The molecule has 0 nitrogen and oxygen atoms in total. The highest BCUT2D eigenvalue weighted by atomic mass is 19.2. The van der Waals surface area contributed by atoms with Crippen LogP contribution in [0, 0.1) is 35.2 Å². The fourth-order valence-electron chi connectivity index (χ4n) is 5.46. The van der Waals surface area contributed by atoms with Gasteiger partial charge >= 0.3 is 0 Å². The molecule has 1 fully saturated rings. The molecule has 0 radical (unpaired) electrons. The van der Waals surface area contributed by atoms with Gasteiger partial charge < -0.3 is 0 Å². The number of unbranched alkanes of at least 4 members (excludes halogenated alkanes) is 4. The maximum Gasteiger partial charge on any atom is 0.194 e. The Balaban J connectivity index is 1.36. The van der Waals surface area contributed by atoms with Crippen molar-refractivity contribution < 1.29 is 13.2 Å². The molecule has 0 spiro atoms. The number of fused-ring (bicyclic) bond motifs is 1. The van der Waals surface area contributed by atoms with Gasteiger partial charge in [-0.2, -0.15) is 0 Å². The lowest BCUT2D eigenvalue weighted by Gasteiger charge is -2.31. The lowest BCUT2D eigenvalue weighted by Crippen LogP contribution is -2.20. The molecule has 28 heavy (non-hydrogen) atoms. The number of hydrogen-bond acceptors (Lipinski definition) is 0. The largest absolute Gasteiger partial charge is 0.204 e. The molecule has 2 aliphatic rings. The second-order valence-electron chi connectivity index (χ2n) is 9.40. The maximum absolute atomic E-state index is 13.9. The van der Waals surface area contributed by atoms with Crippen LogP contribution < -0.4 is 0 Å². The Labute approximate surface area is 169 Å². The summed E-state index contributed by atoms with van der Waals surface area (Å²) in [6, 6.07) is 1.23. The van der Waals surface area contributed by atoms with Crippen LogP contribution in [0.2, 0.25) is 0 Å².